The summed E-state index contributed by atoms with van der Waals surface area (Å²) in [5.74, 6) is 0. The Balaban J connectivity index is 2.07. The molecule has 15 heavy (non-hydrogen) atoms. The van der Waals surface area contributed by atoms with Gasteiger partial charge in [-0.15, -0.1) is 0 Å². The normalized spacial score (nSPS) is 13.9. The van der Waals surface area contributed by atoms with Crippen molar-refractivity contribution in [2.45, 2.75) is 13.1 Å². The Morgan fingerprint density at radius 3 is 2.60 bits per heavy atom. The van der Waals surface area contributed by atoms with Gasteiger partial charge in [-0.05, 0) is 11.1 Å². The molecule has 2 heteroatoms. The monoisotopic (exact) mass is 197 g/mol. The van der Waals surface area contributed by atoms with Crippen molar-refractivity contribution in [2.24, 2.45) is 0 Å². The van der Waals surface area contributed by atoms with Crippen molar-refractivity contribution in [2.75, 3.05) is 0 Å². The predicted octanol–water partition coefficient (Wildman–Crippen LogP) is 1.57. The standard InChI is InChI=1S/C13H13N2/c1-2-6-15(7-3-1)13-5-4-11-9-14-10-12(11)8-13/h1-8,14H,9-10H2/q+1. The average Bonchev–Trinajstić information content (AvgIpc) is 2.77. The van der Waals surface area contributed by atoms with E-state index in [1.54, 1.807) is 0 Å². The van der Waals surface area contributed by atoms with Crippen LogP contribution in [0.25, 0.3) is 5.69 Å². The smallest absolute Gasteiger partial charge is 0.210 e. The van der Waals surface area contributed by atoms with E-state index in [9.17, 15) is 0 Å². The van der Waals surface area contributed by atoms with Crippen LogP contribution in [0, 0.1) is 0 Å². The fourth-order valence-corrected chi connectivity index (χ4v) is 2.01. The van der Waals surface area contributed by atoms with Crippen LogP contribution >= 0.6 is 0 Å². The molecule has 74 valence electrons. The number of rotatable bonds is 1. The number of benzene rings is 1. The van der Waals surface area contributed by atoms with Crippen molar-refractivity contribution in [1.82, 2.24) is 5.32 Å². The van der Waals surface area contributed by atoms with Crippen molar-refractivity contribution < 1.29 is 4.57 Å². The number of nitrogens with one attached hydrogen (secondary N) is 1. The molecule has 0 saturated heterocycles. The van der Waals surface area contributed by atoms with Crippen LogP contribution in [0.5, 0.6) is 0 Å². The first-order valence-electron chi connectivity index (χ1n) is 5.23. The molecule has 0 aliphatic carbocycles. The second-order valence-electron chi connectivity index (χ2n) is 3.84. The van der Waals surface area contributed by atoms with Crippen LogP contribution in [0.4, 0.5) is 0 Å². The summed E-state index contributed by atoms with van der Waals surface area (Å²) in [5, 5.41) is 3.36. The quantitative estimate of drug-likeness (QED) is 0.686. The van der Waals surface area contributed by atoms with E-state index in [0.29, 0.717) is 0 Å². The fourth-order valence-electron chi connectivity index (χ4n) is 2.01. The topological polar surface area (TPSA) is 15.9 Å². The van der Waals surface area contributed by atoms with Crippen LogP contribution in [-0.2, 0) is 13.1 Å². The zero-order chi connectivity index (χ0) is 10.1. The van der Waals surface area contributed by atoms with Gasteiger partial charge in [0.25, 0.3) is 0 Å². The highest BCUT2D eigenvalue weighted by Gasteiger charge is 2.13. The summed E-state index contributed by atoms with van der Waals surface area (Å²) in [6.07, 6.45) is 4.15. The predicted molar refractivity (Wildman–Crippen MR) is 58.5 cm³/mol. The number of hydrogen-bond acceptors (Lipinski definition) is 1. The Morgan fingerprint density at radius 2 is 1.73 bits per heavy atom. The molecule has 0 fully saturated rings. The Labute approximate surface area is 89.2 Å². The van der Waals surface area contributed by atoms with Gasteiger partial charge in [0, 0.05) is 37.4 Å². The highest BCUT2D eigenvalue weighted by atomic mass is 14.9. The highest BCUT2D eigenvalue weighted by molar-refractivity contribution is 5.37. The summed E-state index contributed by atoms with van der Waals surface area (Å²) in [7, 11) is 0. The first-order valence-corrected chi connectivity index (χ1v) is 5.23. The maximum atomic E-state index is 3.36. The molecule has 2 heterocycles. The summed E-state index contributed by atoms with van der Waals surface area (Å²) in [6, 6.07) is 12.8. The third kappa shape index (κ3) is 1.53. The first kappa shape index (κ1) is 8.62. The second kappa shape index (κ2) is 3.48. The van der Waals surface area contributed by atoms with E-state index in [1.165, 1.54) is 16.8 Å². The van der Waals surface area contributed by atoms with E-state index in [1.807, 2.05) is 18.2 Å². The van der Waals surface area contributed by atoms with E-state index < -0.39 is 0 Å². The van der Waals surface area contributed by atoms with Crippen molar-refractivity contribution in [3.8, 4) is 5.69 Å². The number of nitrogens with zero attached hydrogens (tertiary/aromatic N) is 1. The van der Waals surface area contributed by atoms with Gasteiger partial charge >= 0.3 is 0 Å². The highest BCUT2D eigenvalue weighted by Crippen LogP contribution is 2.16. The van der Waals surface area contributed by atoms with Crippen LogP contribution < -0.4 is 9.88 Å². The van der Waals surface area contributed by atoms with Gasteiger partial charge in [0.2, 0.25) is 5.69 Å². The van der Waals surface area contributed by atoms with Crippen molar-refractivity contribution in [3.63, 3.8) is 0 Å². The molecule has 0 spiro atoms. The summed E-state index contributed by atoms with van der Waals surface area (Å²) >= 11 is 0. The molecule has 2 aromatic rings. The molecule has 1 aliphatic heterocycles. The summed E-state index contributed by atoms with van der Waals surface area (Å²) in [6.45, 7) is 2.01. The van der Waals surface area contributed by atoms with E-state index >= 15 is 0 Å². The largest absolute Gasteiger partial charge is 0.309 e. The molecule has 1 aromatic heterocycles. The molecule has 1 N–H and O–H groups in total. The van der Waals surface area contributed by atoms with Crippen molar-refractivity contribution >= 4 is 0 Å². The van der Waals surface area contributed by atoms with Gasteiger partial charge in [0.1, 0.15) is 0 Å². The molecule has 3 rings (SSSR count). The van der Waals surface area contributed by atoms with Gasteiger partial charge in [-0.1, -0.05) is 12.1 Å². The van der Waals surface area contributed by atoms with Crippen LogP contribution in [0.1, 0.15) is 11.1 Å². The molecular weight excluding hydrogens is 184 g/mol. The van der Waals surface area contributed by atoms with Gasteiger partial charge in [-0.2, -0.15) is 4.57 Å². The molecule has 0 atom stereocenters. The summed E-state index contributed by atoms with van der Waals surface area (Å²) in [4.78, 5) is 0. The van der Waals surface area contributed by atoms with Gasteiger partial charge in [0.15, 0.2) is 12.4 Å². The SMILES string of the molecule is c1cc[n+](-c2ccc3c(c2)CNC3)cc1. The van der Waals surface area contributed by atoms with Gasteiger partial charge in [0.05, 0.1) is 0 Å². The second-order valence-corrected chi connectivity index (χ2v) is 3.84. The van der Waals surface area contributed by atoms with E-state index in [4.69, 9.17) is 0 Å². The van der Waals surface area contributed by atoms with E-state index in [-0.39, 0.29) is 0 Å². The van der Waals surface area contributed by atoms with E-state index in [2.05, 4.69) is 40.5 Å². The number of pyridine rings is 1. The first-order chi connectivity index (χ1) is 7.43. The zero-order valence-electron chi connectivity index (χ0n) is 8.48. The molecule has 0 bridgehead atoms. The molecule has 2 nitrogen and oxygen atoms in total. The van der Waals surface area contributed by atoms with Crippen LogP contribution in [-0.4, -0.2) is 0 Å². The number of fused-ring (bicyclic) bond motifs is 1. The average molecular weight is 197 g/mol. The molecule has 0 unspecified atom stereocenters. The maximum absolute atomic E-state index is 3.36. The lowest BCUT2D eigenvalue weighted by molar-refractivity contribution is -0.595. The molecule has 0 saturated carbocycles. The van der Waals surface area contributed by atoms with Crippen molar-refractivity contribution in [3.05, 3.63) is 59.9 Å². The Hall–Kier alpha value is -1.67. The fraction of sp³-hybridized carbons (Fsp3) is 0.154. The molecule has 0 radical (unpaired) electrons. The third-order valence-electron chi connectivity index (χ3n) is 2.83. The van der Waals surface area contributed by atoms with Gasteiger partial charge in [-0.3, -0.25) is 0 Å². The third-order valence-corrected chi connectivity index (χ3v) is 2.83. The van der Waals surface area contributed by atoms with Crippen LogP contribution in [0.3, 0.4) is 0 Å². The van der Waals surface area contributed by atoms with Gasteiger partial charge < -0.3 is 5.32 Å². The lowest BCUT2D eigenvalue weighted by Gasteiger charge is -1.98. The Kier molecular flexibility index (Phi) is 2.00. The van der Waals surface area contributed by atoms with Gasteiger partial charge in [-0.25, -0.2) is 0 Å². The lowest BCUT2D eigenvalue weighted by atomic mass is 10.1. The van der Waals surface area contributed by atoms with Crippen LogP contribution in [0.2, 0.25) is 0 Å². The lowest BCUT2D eigenvalue weighted by Crippen LogP contribution is -2.28. The molecule has 1 aromatic carbocycles. The van der Waals surface area contributed by atoms with Crippen molar-refractivity contribution in [1.29, 1.82) is 0 Å². The minimum atomic E-state index is 0.997. The van der Waals surface area contributed by atoms with Crippen LogP contribution in [0.15, 0.2) is 48.8 Å². The zero-order valence-corrected chi connectivity index (χ0v) is 8.48. The Bertz CT molecular complexity index is 477. The molecular formula is C13H13N2+. The molecule has 0 amide bonds. The maximum Gasteiger partial charge on any atom is 0.210 e. The molecule has 1 aliphatic rings. The minimum Gasteiger partial charge on any atom is -0.309 e. The number of aromatic nitrogens is 1. The van der Waals surface area contributed by atoms with E-state index in [0.717, 1.165) is 13.1 Å². The Morgan fingerprint density at radius 1 is 0.933 bits per heavy atom. The minimum absolute atomic E-state index is 0.997. The summed E-state index contributed by atoms with van der Waals surface area (Å²) in [5.41, 5.74) is 4.08. The number of hydrogen-bond donors (Lipinski definition) is 1. The summed E-state index contributed by atoms with van der Waals surface area (Å²) < 4.78 is 2.14.